The fraction of sp³-hybridized carbons (Fsp3) is 0.556. The Balaban J connectivity index is 1.83. The molecule has 1 aromatic carbocycles. The SMILES string of the molecule is CCCCCCCCn1nnnc1Oc1ccc(NC(=O)N(C)C)cc1. The summed E-state index contributed by atoms with van der Waals surface area (Å²) in [6.45, 7) is 2.96. The Morgan fingerprint density at radius 1 is 1.12 bits per heavy atom. The zero-order chi connectivity index (χ0) is 18.8. The van der Waals surface area contributed by atoms with Gasteiger partial charge in [-0.05, 0) is 41.1 Å². The molecule has 1 aromatic heterocycles. The van der Waals surface area contributed by atoms with Gasteiger partial charge in [0.1, 0.15) is 5.75 Å². The number of benzene rings is 1. The third-order valence-electron chi connectivity index (χ3n) is 3.94. The fourth-order valence-corrected chi connectivity index (χ4v) is 2.40. The summed E-state index contributed by atoms with van der Waals surface area (Å²) < 4.78 is 7.44. The van der Waals surface area contributed by atoms with Crippen LogP contribution in [0.5, 0.6) is 11.8 Å². The molecule has 8 heteroatoms. The molecule has 1 N–H and O–H groups in total. The summed E-state index contributed by atoms with van der Waals surface area (Å²) in [5, 5.41) is 14.4. The van der Waals surface area contributed by atoms with Gasteiger partial charge in [0.05, 0.1) is 0 Å². The molecule has 0 unspecified atom stereocenters. The van der Waals surface area contributed by atoms with E-state index in [2.05, 4.69) is 27.8 Å². The van der Waals surface area contributed by atoms with E-state index >= 15 is 0 Å². The molecule has 0 saturated heterocycles. The molecule has 142 valence electrons. The highest BCUT2D eigenvalue weighted by atomic mass is 16.5. The van der Waals surface area contributed by atoms with Gasteiger partial charge in [0.2, 0.25) is 0 Å². The lowest BCUT2D eigenvalue weighted by Gasteiger charge is -2.12. The van der Waals surface area contributed by atoms with Crippen LogP contribution in [0.1, 0.15) is 45.4 Å². The van der Waals surface area contributed by atoms with Crippen molar-refractivity contribution in [3.05, 3.63) is 24.3 Å². The predicted octanol–water partition coefficient (Wildman–Crippen LogP) is 3.92. The van der Waals surface area contributed by atoms with Crippen molar-refractivity contribution in [2.24, 2.45) is 0 Å². The lowest BCUT2D eigenvalue weighted by atomic mass is 10.1. The maximum atomic E-state index is 11.6. The smallest absolute Gasteiger partial charge is 0.340 e. The number of urea groups is 1. The lowest BCUT2D eigenvalue weighted by Crippen LogP contribution is -2.27. The number of amides is 2. The van der Waals surface area contributed by atoms with Crippen LogP contribution in [-0.4, -0.2) is 45.2 Å². The summed E-state index contributed by atoms with van der Waals surface area (Å²) in [4.78, 5) is 13.1. The van der Waals surface area contributed by atoms with E-state index in [1.807, 2.05) is 0 Å². The third-order valence-corrected chi connectivity index (χ3v) is 3.94. The Kier molecular flexibility index (Phi) is 7.85. The summed E-state index contributed by atoms with van der Waals surface area (Å²) in [6.07, 6.45) is 7.27. The molecule has 0 atom stereocenters. The van der Waals surface area contributed by atoms with Crippen LogP contribution in [0.2, 0.25) is 0 Å². The maximum Gasteiger partial charge on any atom is 0.340 e. The van der Waals surface area contributed by atoms with Gasteiger partial charge in [-0.1, -0.05) is 44.1 Å². The quantitative estimate of drug-likeness (QED) is 0.649. The minimum atomic E-state index is -0.179. The minimum absolute atomic E-state index is 0.179. The largest absolute Gasteiger partial charge is 0.423 e. The third kappa shape index (κ3) is 6.34. The van der Waals surface area contributed by atoms with Gasteiger partial charge in [-0.3, -0.25) is 0 Å². The number of carbonyl (C=O) groups is 1. The van der Waals surface area contributed by atoms with Gasteiger partial charge in [0.15, 0.2) is 0 Å². The molecule has 26 heavy (non-hydrogen) atoms. The molecule has 0 bridgehead atoms. The summed E-state index contributed by atoms with van der Waals surface area (Å²) in [5.41, 5.74) is 0.697. The molecule has 2 amide bonds. The number of anilines is 1. The molecule has 0 aliphatic carbocycles. The van der Waals surface area contributed by atoms with Gasteiger partial charge in [-0.15, -0.1) is 0 Å². The normalized spacial score (nSPS) is 10.6. The summed E-state index contributed by atoms with van der Waals surface area (Å²) >= 11 is 0. The molecule has 0 spiro atoms. The average molecular weight is 360 g/mol. The monoisotopic (exact) mass is 360 g/mol. The van der Waals surface area contributed by atoms with Crippen molar-refractivity contribution >= 4 is 11.7 Å². The Hall–Kier alpha value is -2.64. The maximum absolute atomic E-state index is 11.6. The van der Waals surface area contributed by atoms with E-state index in [1.165, 1.54) is 37.0 Å². The number of nitrogens with zero attached hydrogens (tertiary/aromatic N) is 5. The second kappa shape index (κ2) is 10.4. The number of nitrogens with one attached hydrogen (secondary N) is 1. The van der Waals surface area contributed by atoms with Gasteiger partial charge in [0.25, 0.3) is 0 Å². The van der Waals surface area contributed by atoms with Crippen molar-refractivity contribution in [3.8, 4) is 11.8 Å². The Bertz CT molecular complexity index is 669. The first-order valence-corrected chi connectivity index (χ1v) is 9.12. The number of aromatic nitrogens is 4. The molecule has 1 heterocycles. The molecule has 2 aromatic rings. The van der Waals surface area contributed by atoms with Crippen molar-refractivity contribution in [1.82, 2.24) is 25.1 Å². The minimum Gasteiger partial charge on any atom is -0.423 e. The highest BCUT2D eigenvalue weighted by Gasteiger charge is 2.09. The zero-order valence-corrected chi connectivity index (χ0v) is 15.8. The van der Waals surface area contributed by atoms with Gasteiger partial charge >= 0.3 is 12.0 Å². The van der Waals surface area contributed by atoms with Gasteiger partial charge < -0.3 is 15.0 Å². The highest BCUT2D eigenvalue weighted by Crippen LogP contribution is 2.21. The first-order valence-electron chi connectivity index (χ1n) is 9.12. The van der Waals surface area contributed by atoms with Crippen LogP contribution in [0.3, 0.4) is 0 Å². The topological polar surface area (TPSA) is 85.2 Å². The number of rotatable bonds is 10. The molecule has 2 rings (SSSR count). The van der Waals surface area contributed by atoms with Crippen LogP contribution in [0.4, 0.5) is 10.5 Å². The van der Waals surface area contributed by atoms with E-state index in [1.54, 1.807) is 43.0 Å². The van der Waals surface area contributed by atoms with Gasteiger partial charge in [-0.25, -0.2) is 4.79 Å². The molecule has 8 nitrogen and oxygen atoms in total. The van der Waals surface area contributed by atoms with Crippen LogP contribution in [-0.2, 0) is 6.54 Å². The van der Waals surface area contributed by atoms with Crippen LogP contribution >= 0.6 is 0 Å². The van der Waals surface area contributed by atoms with Crippen LogP contribution < -0.4 is 10.1 Å². The van der Waals surface area contributed by atoms with Crippen molar-refractivity contribution < 1.29 is 9.53 Å². The summed E-state index contributed by atoms with van der Waals surface area (Å²) in [6, 6.07) is 7.30. The summed E-state index contributed by atoms with van der Waals surface area (Å²) in [5.74, 6) is 0.617. The molecule has 0 fully saturated rings. The number of tetrazole rings is 1. The first kappa shape index (κ1) is 19.7. The Morgan fingerprint density at radius 3 is 2.50 bits per heavy atom. The van der Waals surface area contributed by atoms with E-state index in [9.17, 15) is 4.79 Å². The summed E-state index contributed by atoms with van der Waals surface area (Å²) in [7, 11) is 3.38. The van der Waals surface area contributed by atoms with E-state index in [0.29, 0.717) is 17.4 Å². The number of hydrogen-bond acceptors (Lipinski definition) is 5. The number of carbonyl (C=O) groups excluding carboxylic acids is 1. The Morgan fingerprint density at radius 2 is 1.81 bits per heavy atom. The van der Waals surface area contributed by atoms with Crippen molar-refractivity contribution in [2.45, 2.75) is 52.0 Å². The predicted molar refractivity (Wildman–Crippen MR) is 100 cm³/mol. The molecule has 0 radical (unpaired) electrons. The van der Waals surface area contributed by atoms with Crippen molar-refractivity contribution in [2.75, 3.05) is 19.4 Å². The van der Waals surface area contributed by atoms with Crippen LogP contribution in [0.25, 0.3) is 0 Å². The van der Waals surface area contributed by atoms with E-state index in [-0.39, 0.29) is 6.03 Å². The molecule has 0 aliphatic rings. The number of ether oxygens (including phenoxy) is 1. The van der Waals surface area contributed by atoms with Gasteiger partial charge in [0, 0.05) is 26.3 Å². The number of unbranched alkanes of at least 4 members (excludes halogenated alkanes) is 5. The zero-order valence-electron chi connectivity index (χ0n) is 15.8. The highest BCUT2D eigenvalue weighted by molar-refractivity contribution is 5.88. The van der Waals surface area contributed by atoms with Crippen molar-refractivity contribution in [1.29, 1.82) is 0 Å². The van der Waals surface area contributed by atoms with Gasteiger partial charge in [-0.2, -0.15) is 4.68 Å². The second-order valence-electron chi connectivity index (χ2n) is 6.40. The van der Waals surface area contributed by atoms with E-state index < -0.39 is 0 Å². The van der Waals surface area contributed by atoms with E-state index in [0.717, 1.165) is 13.0 Å². The van der Waals surface area contributed by atoms with Crippen LogP contribution in [0.15, 0.2) is 24.3 Å². The first-order chi connectivity index (χ1) is 12.6. The second-order valence-corrected chi connectivity index (χ2v) is 6.40. The van der Waals surface area contributed by atoms with Crippen LogP contribution in [0, 0.1) is 0 Å². The number of hydrogen-bond donors (Lipinski definition) is 1. The molecule has 0 aliphatic heterocycles. The Labute approximate surface area is 154 Å². The molecular formula is C18H28N6O2. The number of aryl methyl sites for hydroxylation is 1. The van der Waals surface area contributed by atoms with Crippen molar-refractivity contribution in [3.63, 3.8) is 0 Å². The van der Waals surface area contributed by atoms with E-state index in [4.69, 9.17) is 4.74 Å². The standard InChI is InChI=1S/C18H28N6O2/c1-4-5-6-7-8-9-14-24-18(20-21-22-24)26-16-12-10-15(11-13-16)19-17(25)23(2)3/h10-13H,4-9,14H2,1-3H3,(H,19,25). The fourth-order valence-electron chi connectivity index (χ4n) is 2.40. The molecule has 0 saturated carbocycles. The average Bonchev–Trinajstić information content (AvgIpc) is 3.06. The molecular weight excluding hydrogens is 332 g/mol. The lowest BCUT2D eigenvalue weighted by molar-refractivity contribution is 0.230.